The molecule has 0 aromatic carbocycles. The topological polar surface area (TPSA) is 54.4 Å². The van der Waals surface area contributed by atoms with E-state index in [0.29, 0.717) is 0 Å². The first-order valence-electron chi connectivity index (χ1n) is 3.98. The summed E-state index contributed by atoms with van der Waals surface area (Å²) in [6.07, 6.45) is 0. The van der Waals surface area contributed by atoms with Crippen LogP contribution < -0.4 is 0 Å². The Morgan fingerprint density at radius 3 is 2.36 bits per heavy atom. The molecule has 0 saturated heterocycles. The first-order chi connectivity index (χ1) is 6.43. The lowest BCUT2D eigenvalue weighted by atomic mass is 10.1. The molecule has 82 valence electrons. The molecule has 1 atom stereocenters. The molecular weight excluding hydrogens is 430 g/mol. The molecule has 1 rings (SSSR count). The summed E-state index contributed by atoms with van der Waals surface area (Å²) in [5.74, 6) is -0.0707. The molecule has 3 nitrogen and oxygen atoms in total. The van der Waals surface area contributed by atoms with Gasteiger partial charge < -0.3 is 0 Å². The van der Waals surface area contributed by atoms with Crippen LogP contribution in [0.25, 0.3) is 0 Å². The third-order valence-electron chi connectivity index (χ3n) is 1.73. The fourth-order valence-electron chi connectivity index (χ4n) is 1.27. The van der Waals surface area contributed by atoms with Gasteiger partial charge in [0.05, 0.1) is 0 Å². The van der Waals surface area contributed by atoms with Crippen molar-refractivity contribution in [3.63, 3.8) is 0 Å². The molecule has 0 aromatic heterocycles. The van der Waals surface area contributed by atoms with Crippen molar-refractivity contribution in [3.05, 3.63) is 9.66 Å². The van der Waals surface area contributed by atoms with Crippen LogP contribution in [0.3, 0.4) is 0 Å². The zero-order chi connectivity index (χ0) is 10.8. The van der Waals surface area contributed by atoms with E-state index in [0.717, 1.165) is 5.57 Å². The Balaban J connectivity index is 3.08. The molecule has 1 aliphatic heterocycles. The van der Waals surface area contributed by atoms with Crippen LogP contribution in [0.2, 0.25) is 0 Å². The maximum absolute atomic E-state index is 11.2. The van der Waals surface area contributed by atoms with Gasteiger partial charge in [-0.05, 0) is 19.6 Å². The first-order valence-corrected chi connectivity index (χ1v) is 10.5. The van der Waals surface area contributed by atoms with Crippen molar-refractivity contribution in [1.29, 1.82) is 0 Å². The van der Waals surface area contributed by atoms with E-state index in [1.165, 1.54) is 0 Å². The predicted molar refractivity (Wildman–Crippen MR) is 78.4 cm³/mol. The lowest BCUT2D eigenvalue weighted by Gasteiger charge is -2.18. The van der Waals surface area contributed by atoms with Gasteiger partial charge in [-0.3, -0.25) is 4.55 Å². The standard InChI is InChI=1S/C8H12I2O3S/c1-6(2)8(14(11,12)13)7-3-9-5-10-4-7/h3-6,8H,1-2H3,(H,11,12,13). The Hall–Kier alpha value is 0.850. The molecule has 0 radical (unpaired) electrons. The second-order valence-corrected chi connectivity index (χ2v) is 11.1. The molecule has 0 amide bonds. The first kappa shape index (κ1) is 12.9. The lowest BCUT2D eigenvalue weighted by molar-refractivity contribution is 0.457. The van der Waals surface area contributed by atoms with E-state index in [1.54, 1.807) is 0 Å². The van der Waals surface area contributed by atoms with Gasteiger partial charge in [0.25, 0.3) is 10.1 Å². The molecule has 0 fully saturated rings. The zero-order valence-corrected chi connectivity index (χ0v) is 12.9. The highest BCUT2D eigenvalue weighted by Gasteiger charge is 2.29. The molecule has 0 bridgehead atoms. The monoisotopic (exact) mass is 442 g/mol. The second-order valence-electron chi connectivity index (χ2n) is 3.23. The van der Waals surface area contributed by atoms with E-state index in [9.17, 15) is 8.42 Å². The average molecular weight is 442 g/mol. The SMILES string of the molecule is CC(C)C(C1=CI=CI=C1)S(=O)(=O)O. The van der Waals surface area contributed by atoms with Crippen LogP contribution in [0.5, 0.6) is 0 Å². The second kappa shape index (κ2) is 5.26. The van der Waals surface area contributed by atoms with E-state index >= 15 is 0 Å². The molecule has 0 spiro atoms. The summed E-state index contributed by atoms with van der Waals surface area (Å²) in [6.45, 7) is 3.64. The van der Waals surface area contributed by atoms with Gasteiger partial charge in [-0.1, -0.05) is 55.3 Å². The molecular formula is C8H12I2O3S. The van der Waals surface area contributed by atoms with Gasteiger partial charge >= 0.3 is 0 Å². The van der Waals surface area contributed by atoms with Gasteiger partial charge in [0.15, 0.2) is 0 Å². The molecule has 0 aromatic rings. The van der Waals surface area contributed by atoms with E-state index in [-0.39, 0.29) is 47.4 Å². The van der Waals surface area contributed by atoms with E-state index in [4.69, 9.17) is 4.55 Å². The number of hydrogen-bond donors (Lipinski definition) is 1. The Morgan fingerprint density at radius 2 is 2.00 bits per heavy atom. The van der Waals surface area contributed by atoms with Crippen molar-refractivity contribution in [2.75, 3.05) is 0 Å². The molecule has 1 N–H and O–H groups in total. The molecule has 1 unspecified atom stereocenters. The van der Waals surface area contributed by atoms with Crippen LogP contribution in [-0.4, -0.2) is 24.3 Å². The van der Waals surface area contributed by atoms with Crippen LogP contribution >= 0.6 is 41.5 Å². The van der Waals surface area contributed by atoms with Crippen molar-refractivity contribution < 1.29 is 13.0 Å². The molecule has 1 aliphatic rings. The van der Waals surface area contributed by atoms with Gasteiger partial charge in [-0.2, -0.15) is 8.42 Å². The van der Waals surface area contributed by atoms with Gasteiger partial charge in [-0.15, -0.1) is 0 Å². The quantitative estimate of drug-likeness (QED) is 0.540. The third kappa shape index (κ3) is 3.46. The normalized spacial score (nSPS) is 19.6. The summed E-state index contributed by atoms with van der Waals surface area (Å²) in [7, 11) is -3.94. The van der Waals surface area contributed by atoms with Crippen LogP contribution in [0.4, 0.5) is 0 Å². The molecule has 1 heterocycles. The van der Waals surface area contributed by atoms with Crippen molar-refractivity contribution >= 4 is 57.6 Å². The maximum atomic E-state index is 11.2. The highest BCUT2D eigenvalue weighted by Crippen LogP contribution is 2.25. The van der Waals surface area contributed by atoms with Gasteiger partial charge in [0.2, 0.25) is 0 Å². The third-order valence-corrected chi connectivity index (χ3v) is 9.53. The van der Waals surface area contributed by atoms with Crippen molar-refractivity contribution in [3.8, 4) is 0 Å². The number of rotatable bonds is 3. The minimum Gasteiger partial charge on any atom is -0.285 e. The van der Waals surface area contributed by atoms with Crippen molar-refractivity contribution in [2.24, 2.45) is 5.92 Å². The summed E-state index contributed by atoms with van der Waals surface area (Å²) in [5, 5.41) is -0.712. The maximum Gasteiger partial charge on any atom is 0.272 e. The minimum atomic E-state index is -3.94. The molecule has 6 heteroatoms. The lowest BCUT2D eigenvalue weighted by Crippen LogP contribution is -2.28. The van der Waals surface area contributed by atoms with E-state index in [2.05, 4.69) is 2.02 Å². The average Bonchev–Trinajstić information content (AvgIpc) is 2.02. The smallest absolute Gasteiger partial charge is 0.272 e. The van der Waals surface area contributed by atoms with Crippen LogP contribution in [0.15, 0.2) is 9.66 Å². The molecule has 0 aliphatic carbocycles. The minimum absolute atomic E-state index is 0.0707. The Morgan fingerprint density at radius 1 is 1.36 bits per heavy atom. The highest BCUT2D eigenvalue weighted by molar-refractivity contribution is 14.3. The Labute approximate surface area is 104 Å². The predicted octanol–water partition coefficient (Wildman–Crippen LogP) is 2.30. The zero-order valence-electron chi connectivity index (χ0n) is 7.81. The molecule has 14 heavy (non-hydrogen) atoms. The Bertz CT molecular complexity index is 393. The summed E-state index contributed by atoms with van der Waals surface area (Å²) in [5.41, 5.74) is 0.839. The Kier molecular flexibility index (Phi) is 4.85. The fourth-order valence-corrected chi connectivity index (χ4v) is 8.88. The van der Waals surface area contributed by atoms with Crippen LogP contribution in [-0.2, 0) is 10.1 Å². The van der Waals surface area contributed by atoms with Crippen molar-refractivity contribution in [2.45, 2.75) is 19.1 Å². The van der Waals surface area contributed by atoms with Crippen LogP contribution in [0, 0.1) is 5.92 Å². The summed E-state index contributed by atoms with van der Waals surface area (Å²) in [6, 6.07) is 0. The van der Waals surface area contributed by atoms with Crippen LogP contribution in [0.1, 0.15) is 13.8 Å². The van der Waals surface area contributed by atoms with Gasteiger partial charge in [-0.25, -0.2) is 0 Å². The number of halogens is 2. The van der Waals surface area contributed by atoms with E-state index in [1.807, 2.05) is 21.9 Å². The van der Waals surface area contributed by atoms with Crippen molar-refractivity contribution in [1.82, 2.24) is 0 Å². The summed E-state index contributed by atoms with van der Waals surface area (Å²) >= 11 is -0.156. The highest BCUT2D eigenvalue weighted by atomic mass is 127. The molecule has 0 saturated carbocycles. The van der Waals surface area contributed by atoms with E-state index < -0.39 is 15.4 Å². The summed E-state index contributed by atoms with van der Waals surface area (Å²) < 4.78 is 37.8. The van der Waals surface area contributed by atoms with Gasteiger partial charge in [0, 0.05) is 2.02 Å². The summed E-state index contributed by atoms with van der Waals surface area (Å²) in [4.78, 5) is 0. The fraction of sp³-hybridized carbons (Fsp3) is 0.500. The largest absolute Gasteiger partial charge is 0.285 e. The number of hydrogen-bond acceptors (Lipinski definition) is 2. The van der Waals surface area contributed by atoms with Gasteiger partial charge in [0.1, 0.15) is 5.25 Å².